The van der Waals surface area contributed by atoms with Gasteiger partial charge < -0.3 is 15.1 Å². The SMILES string of the molecule is CC1CN(C)CCN1C(=O)C1CSCCN1. The number of piperazine rings is 1. The average molecular weight is 243 g/mol. The minimum absolute atomic E-state index is 0.0459. The molecule has 2 rings (SSSR count). The Kier molecular flexibility index (Phi) is 4.10. The molecule has 2 atom stereocenters. The van der Waals surface area contributed by atoms with Crippen LogP contribution >= 0.6 is 11.8 Å². The van der Waals surface area contributed by atoms with Crippen LogP contribution in [-0.2, 0) is 4.79 Å². The highest BCUT2D eigenvalue weighted by molar-refractivity contribution is 7.99. The van der Waals surface area contributed by atoms with Gasteiger partial charge in [0, 0.05) is 43.7 Å². The van der Waals surface area contributed by atoms with Gasteiger partial charge in [-0.25, -0.2) is 0 Å². The molecule has 92 valence electrons. The van der Waals surface area contributed by atoms with Crippen molar-refractivity contribution in [3.8, 4) is 0 Å². The summed E-state index contributed by atoms with van der Waals surface area (Å²) in [7, 11) is 2.12. The van der Waals surface area contributed by atoms with E-state index in [2.05, 4.69) is 24.2 Å². The molecule has 1 N–H and O–H groups in total. The van der Waals surface area contributed by atoms with Crippen molar-refractivity contribution in [1.82, 2.24) is 15.1 Å². The molecule has 0 aromatic heterocycles. The van der Waals surface area contributed by atoms with E-state index in [9.17, 15) is 4.79 Å². The fraction of sp³-hybridized carbons (Fsp3) is 0.909. The van der Waals surface area contributed by atoms with Crippen molar-refractivity contribution in [3.05, 3.63) is 0 Å². The van der Waals surface area contributed by atoms with Crippen molar-refractivity contribution in [3.63, 3.8) is 0 Å². The smallest absolute Gasteiger partial charge is 0.240 e. The number of hydrogen-bond acceptors (Lipinski definition) is 4. The predicted molar refractivity (Wildman–Crippen MR) is 67.8 cm³/mol. The number of hydrogen-bond donors (Lipinski definition) is 1. The largest absolute Gasteiger partial charge is 0.336 e. The van der Waals surface area contributed by atoms with E-state index in [0.29, 0.717) is 11.9 Å². The van der Waals surface area contributed by atoms with Crippen LogP contribution in [0.15, 0.2) is 0 Å². The average Bonchev–Trinajstić information content (AvgIpc) is 2.29. The highest BCUT2D eigenvalue weighted by atomic mass is 32.2. The summed E-state index contributed by atoms with van der Waals surface area (Å²) in [6, 6.07) is 0.393. The van der Waals surface area contributed by atoms with Crippen LogP contribution in [0.2, 0.25) is 0 Å². The molecule has 2 saturated heterocycles. The topological polar surface area (TPSA) is 35.6 Å². The van der Waals surface area contributed by atoms with Crippen LogP contribution in [0.1, 0.15) is 6.92 Å². The Morgan fingerprint density at radius 3 is 2.88 bits per heavy atom. The zero-order valence-electron chi connectivity index (χ0n) is 10.1. The Morgan fingerprint density at radius 1 is 1.44 bits per heavy atom. The van der Waals surface area contributed by atoms with Gasteiger partial charge in [0.05, 0.1) is 6.04 Å². The quantitative estimate of drug-likeness (QED) is 0.695. The van der Waals surface area contributed by atoms with E-state index >= 15 is 0 Å². The number of carbonyl (C=O) groups is 1. The molecular weight excluding hydrogens is 222 g/mol. The molecule has 0 spiro atoms. The van der Waals surface area contributed by atoms with E-state index in [1.54, 1.807) is 0 Å². The van der Waals surface area contributed by atoms with Gasteiger partial charge in [-0.15, -0.1) is 0 Å². The minimum Gasteiger partial charge on any atom is -0.336 e. The van der Waals surface area contributed by atoms with E-state index < -0.39 is 0 Å². The lowest BCUT2D eigenvalue weighted by atomic mass is 10.1. The molecule has 0 aromatic rings. The van der Waals surface area contributed by atoms with Gasteiger partial charge >= 0.3 is 0 Å². The van der Waals surface area contributed by atoms with Crippen LogP contribution in [-0.4, -0.2) is 72.5 Å². The maximum atomic E-state index is 12.3. The third-order valence-electron chi connectivity index (χ3n) is 3.33. The second kappa shape index (κ2) is 5.38. The minimum atomic E-state index is 0.0459. The highest BCUT2D eigenvalue weighted by Crippen LogP contribution is 2.14. The first kappa shape index (κ1) is 12.2. The third kappa shape index (κ3) is 2.70. The Balaban J connectivity index is 1.92. The van der Waals surface area contributed by atoms with Crippen LogP contribution in [0.5, 0.6) is 0 Å². The summed E-state index contributed by atoms with van der Waals surface area (Å²) in [5.41, 5.74) is 0. The molecule has 0 aromatic carbocycles. The van der Waals surface area contributed by atoms with Crippen LogP contribution in [0.3, 0.4) is 0 Å². The van der Waals surface area contributed by atoms with Gasteiger partial charge in [0.15, 0.2) is 0 Å². The molecule has 2 fully saturated rings. The summed E-state index contributed by atoms with van der Waals surface area (Å²) >= 11 is 1.88. The van der Waals surface area contributed by atoms with Crippen LogP contribution in [0.25, 0.3) is 0 Å². The van der Waals surface area contributed by atoms with E-state index in [-0.39, 0.29) is 6.04 Å². The molecule has 2 aliphatic rings. The molecule has 2 heterocycles. The van der Waals surface area contributed by atoms with Crippen molar-refractivity contribution in [2.45, 2.75) is 19.0 Å². The van der Waals surface area contributed by atoms with Crippen molar-refractivity contribution in [2.75, 3.05) is 44.7 Å². The monoisotopic (exact) mass is 243 g/mol. The van der Waals surface area contributed by atoms with E-state index in [1.807, 2.05) is 16.7 Å². The molecule has 2 aliphatic heterocycles. The Labute approximate surface area is 102 Å². The lowest BCUT2D eigenvalue weighted by Gasteiger charge is -2.40. The Hall–Kier alpha value is -0.260. The number of rotatable bonds is 1. The van der Waals surface area contributed by atoms with Crippen molar-refractivity contribution in [1.29, 1.82) is 0 Å². The summed E-state index contributed by atoms with van der Waals surface area (Å²) in [4.78, 5) is 16.6. The van der Waals surface area contributed by atoms with E-state index in [4.69, 9.17) is 0 Å². The van der Waals surface area contributed by atoms with Gasteiger partial charge in [-0.05, 0) is 14.0 Å². The van der Waals surface area contributed by atoms with Gasteiger partial charge in [0.2, 0.25) is 5.91 Å². The van der Waals surface area contributed by atoms with Gasteiger partial charge in [0.1, 0.15) is 0 Å². The number of amides is 1. The summed E-state index contributed by atoms with van der Waals surface area (Å²) in [5.74, 6) is 2.35. The maximum absolute atomic E-state index is 12.3. The Morgan fingerprint density at radius 2 is 2.25 bits per heavy atom. The molecule has 5 heteroatoms. The second-order valence-electron chi connectivity index (χ2n) is 4.72. The third-order valence-corrected chi connectivity index (χ3v) is 4.40. The molecule has 1 amide bonds. The number of thioether (sulfide) groups is 1. The lowest BCUT2D eigenvalue weighted by molar-refractivity contribution is -0.137. The summed E-state index contributed by atoms with van der Waals surface area (Å²) in [5, 5.41) is 3.32. The van der Waals surface area contributed by atoms with Crippen molar-refractivity contribution >= 4 is 17.7 Å². The standard InChI is InChI=1S/C11H21N3OS/c1-9-7-13(2)4-5-14(9)11(15)10-8-16-6-3-12-10/h9-10,12H,3-8H2,1-2H3. The van der Waals surface area contributed by atoms with Crippen LogP contribution < -0.4 is 5.32 Å². The molecule has 0 aliphatic carbocycles. The molecule has 0 saturated carbocycles. The molecule has 4 nitrogen and oxygen atoms in total. The summed E-state index contributed by atoms with van der Waals surface area (Å²) in [6.07, 6.45) is 0. The zero-order valence-corrected chi connectivity index (χ0v) is 10.9. The molecule has 16 heavy (non-hydrogen) atoms. The number of nitrogens with zero attached hydrogens (tertiary/aromatic N) is 2. The van der Waals surface area contributed by atoms with Crippen molar-refractivity contribution in [2.24, 2.45) is 0 Å². The molecule has 0 bridgehead atoms. The maximum Gasteiger partial charge on any atom is 0.240 e. The van der Waals surface area contributed by atoms with Gasteiger partial charge in [0.25, 0.3) is 0 Å². The number of likely N-dealkylation sites (N-methyl/N-ethyl adjacent to an activating group) is 1. The molecule has 0 radical (unpaired) electrons. The summed E-state index contributed by atoms with van der Waals surface area (Å²) in [6.45, 7) is 5.97. The van der Waals surface area contributed by atoms with Gasteiger partial charge in [-0.1, -0.05) is 0 Å². The first-order chi connectivity index (χ1) is 7.68. The first-order valence-corrected chi connectivity index (χ1v) is 7.14. The summed E-state index contributed by atoms with van der Waals surface area (Å²) < 4.78 is 0. The fourth-order valence-electron chi connectivity index (χ4n) is 2.39. The van der Waals surface area contributed by atoms with E-state index in [0.717, 1.165) is 37.7 Å². The molecule has 2 unspecified atom stereocenters. The highest BCUT2D eigenvalue weighted by Gasteiger charge is 2.31. The normalized spacial score (nSPS) is 32.8. The van der Waals surface area contributed by atoms with Gasteiger partial charge in [-0.2, -0.15) is 11.8 Å². The Bertz CT molecular complexity index is 256. The van der Waals surface area contributed by atoms with Gasteiger partial charge in [-0.3, -0.25) is 4.79 Å². The first-order valence-electron chi connectivity index (χ1n) is 5.98. The second-order valence-corrected chi connectivity index (χ2v) is 5.87. The predicted octanol–water partition coefficient (Wildman–Crippen LogP) is -0.146. The zero-order chi connectivity index (χ0) is 11.5. The van der Waals surface area contributed by atoms with Crippen LogP contribution in [0.4, 0.5) is 0 Å². The number of carbonyl (C=O) groups excluding carboxylic acids is 1. The van der Waals surface area contributed by atoms with E-state index in [1.165, 1.54) is 0 Å². The number of nitrogens with one attached hydrogen (secondary N) is 1. The molecular formula is C11H21N3OS. The fourth-order valence-corrected chi connectivity index (χ4v) is 3.32. The van der Waals surface area contributed by atoms with Crippen LogP contribution in [0, 0.1) is 0 Å². The lowest BCUT2D eigenvalue weighted by Crippen LogP contribution is -2.58. The van der Waals surface area contributed by atoms with Crippen molar-refractivity contribution < 1.29 is 4.79 Å².